The van der Waals surface area contributed by atoms with Gasteiger partial charge in [-0.3, -0.25) is 14.5 Å². The first-order chi connectivity index (χ1) is 15.5. The fourth-order valence-electron chi connectivity index (χ4n) is 3.18. The van der Waals surface area contributed by atoms with Crippen LogP contribution in [0.5, 0.6) is 0 Å². The zero-order valence-corrected chi connectivity index (χ0v) is 20.0. The van der Waals surface area contributed by atoms with E-state index >= 15 is 0 Å². The van der Waals surface area contributed by atoms with Gasteiger partial charge in [-0.2, -0.15) is 0 Å². The molecule has 0 spiro atoms. The number of thioether (sulfide) groups is 1. The molecule has 2 amide bonds. The van der Waals surface area contributed by atoms with Gasteiger partial charge in [0.15, 0.2) is 5.17 Å². The minimum absolute atomic E-state index is 0.0600. The molecule has 1 fully saturated rings. The Kier molecular flexibility index (Phi) is 7.29. The highest BCUT2D eigenvalue weighted by molar-refractivity contribution is 9.10. The number of amidine groups is 1. The molecule has 0 radical (unpaired) electrons. The van der Waals surface area contributed by atoms with E-state index < -0.39 is 5.25 Å². The number of nitrogens with zero attached hydrogens (tertiary/aromatic N) is 2. The van der Waals surface area contributed by atoms with Gasteiger partial charge in [-0.1, -0.05) is 69.6 Å². The number of carbonyl (C=O) groups excluding carboxylic acids is 2. The first-order valence-electron chi connectivity index (χ1n) is 9.89. The van der Waals surface area contributed by atoms with Gasteiger partial charge in [0.1, 0.15) is 5.25 Å². The predicted molar refractivity (Wildman–Crippen MR) is 134 cm³/mol. The van der Waals surface area contributed by atoms with E-state index in [4.69, 9.17) is 11.6 Å². The fourth-order valence-corrected chi connectivity index (χ4v) is 4.72. The van der Waals surface area contributed by atoms with Crippen molar-refractivity contribution < 1.29 is 9.59 Å². The summed E-state index contributed by atoms with van der Waals surface area (Å²) in [5.41, 5.74) is 2.37. The van der Waals surface area contributed by atoms with Crippen molar-refractivity contribution in [1.29, 1.82) is 0 Å². The molecular weight excluding hydrogens is 510 g/mol. The molecule has 0 aliphatic carbocycles. The minimum atomic E-state index is -0.541. The van der Waals surface area contributed by atoms with Crippen LogP contribution in [0.2, 0.25) is 5.02 Å². The lowest BCUT2D eigenvalue weighted by molar-refractivity contribution is -0.128. The average molecular weight is 529 g/mol. The Hall–Kier alpha value is -2.61. The molecule has 32 heavy (non-hydrogen) atoms. The SMILES string of the molecule is O=C(C[C@@H]1SC(=Nc2ccc(Cl)cc2)N(Cc2ccccc2)C1=O)Nc1ccc(Br)cc1. The summed E-state index contributed by atoms with van der Waals surface area (Å²) in [6.07, 6.45) is 0.0600. The first-order valence-corrected chi connectivity index (χ1v) is 11.9. The molecule has 0 unspecified atom stereocenters. The van der Waals surface area contributed by atoms with Crippen LogP contribution in [0, 0.1) is 0 Å². The topological polar surface area (TPSA) is 61.8 Å². The smallest absolute Gasteiger partial charge is 0.242 e. The highest BCUT2D eigenvalue weighted by atomic mass is 79.9. The maximum Gasteiger partial charge on any atom is 0.242 e. The van der Waals surface area contributed by atoms with Gasteiger partial charge in [-0.15, -0.1) is 0 Å². The van der Waals surface area contributed by atoms with Gasteiger partial charge >= 0.3 is 0 Å². The summed E-state index contributed by atoms with van der Waals surface area (Å²) in [5.74, 6) is -0.344. The van der Waals surface area contributed by atoms with Crippen LogP contribution in [-0.4, -0.2) is 27.1 Å². The zero-order valence-electron chi connectivity index (χ0n) is 16.9. The highest BCUT2D eigenvalue weighted by Gasteiger charge is 2.39. The summed E-state index contributed by atoms with van der Waals surface area (Å²) in [6, 6.07) is 24.2. The Morgan fingerprint density at radius 2 is 1.72 bits per heavy atom. The predicted octanol–water partition coefficient (Wildman–Crippen LogP) is 6.26. The first kappa shape index (κ1) is 22.6. The van der Waals surface area contributed by atoms with Gasteiger partial charge in [0.2, 0.25) is 11.8 Å². The van der Waals surface area contributed by atoms with Gasteiger partial charge in [-0.25, -0.2) is 4.99 Å². The second kappa shape index (κ2) is 10.3. The van der Waals surface area contributed by atoms with Crippen molar-refractivity contribution >= 4 is 67.6 Å². The number of amides is 2. The van der Waals surface area contributed by atoms with Crippen molar-refractivity contribution in [2.75, 3.05) is 5.32 Å². The third-order valence-corrected chi connectivity index (χ3v) is 6.71. The minimum Gasteiger partial charge on any atom is -0.326 e. The lowest BCUT2D eigenvalue weighted by Crippen LogP contribution is -2.33. The monoisotopic (exact) mass is 527 g/mol. The fraction of sp³-hybridized carbons (Fsp3) is 0.125. The molecular formula is C24H19BrClN3O2S. The van der Waals surface area contributed by atoms with Gasteiger partial charge in [0, 0.05) is 21.6 Å². The van der Waals surface area contributed by atoms with Crippen LogP contribution in [0.25, 0.3) is 0 Å². The van der Waals surface area contributed by atoms with Crippen LogP contribution >= 0.6 is 39.3 Å². The number of anilines is 1. The van der Waals surface area contributed by atoms with Crippen molar-refractivity contribution in [3.8, 4) is 0 Å². The summed E-state index contributed by atoms with van der Waals surface area (Å²) in [6.45, 7) is 0.393. The molecule has 4 rings (SSSR count). The summed E-state index contributed by atoms with van der Waals surface area (Å²) >= 11 is 10.7. The van der Waals surface area contributed by atoms with Gasteiger partial charge in [0.05, 0.1) is 12.2 Å². The van der Waals surface area contributed by atoms with E-state index in [1.54, 1.807) is 41.3 Å². The van der Waals surface area contributed by atoms with E-state index in [9.17, 15) is 9.59 Å². The van der Waals surface area contributed by atoms with Crippen molar-refractivity contribution in [2.24, 2.45) is 4.99 Å². The lowest BCUT2D eigenvalue weighted by Gasteiger charge is -2.16. The standard InChI is InChI=1S/C24H19BrClN3O2S/c25-17-6-10-19(11-7-17)27-22(30)14-21-23(31)29(15-16-4-2-1-3-5-16)24(32-21)28-20-12-8-18(26)9-13-20/h1-13,21H,14-15H2,(H,27,30)/t21-/m0/s1. The number of hydrogen-bond donors (Lipinski definition) is 1. The molecule has 5 nitrogen and oxygen atoms in total. The van der Waals surface area contributed by atoms with Crippen molar-refractivity contribution in [2.45, 2.75) is 18.2 Å². The molecule has 1 heterocycles. The van der Waals surface area contributed by atoms with Crippen LogP contribution in [-0.2, 0) is 16.1 Å². The Bertz CT molecular complexity index is 1140. The van der Waals surface area contributed by atoms with Crippen molar-refractivity contribution in [3.63, 3.8) is 0 Å². The third-order valence-electron chi connectivity index (χ3n) is 4.75. The number of carbonyl (C=O) groups is 2. The molecule has 3 aromatic carbocycles. The molecule has 3 aromatic rings. The normalized spacial score (nSPS) is 17.1. The maximum atomic E-state index is 13.2. The summed E-state index contributed by atoms with van der Waals surface area (Å²) in [5, 5.41) is 3.50. The van der Waals surface area contributed by atoms with Crippen LogP contribution in [0.4, 0.5) is 11.4 Å². The number of halogens is 2. The molecule has 8 heteroatoms. The third kappa shape index (κ3) is 5.79. The highest BCUT2D eigenvalue weighted by Crippen LogP contribution is 2.33. The number of benzene rings is 3. The van der Waals surface area contributed by atoms with Gasteiger partial charge < -0.3 is 5.32 Å². The molecule has 1 aliphatic heterocycles. The molecule has 0 bridgehead atoms. The van der Waals surface area contributed by atoms with Gasteiger partial charge in [-0.05, 0) is 54.1 Å². The van der Waals surface area contributed by atoms with Crippen LogP contribution in [0.1, 0.15) is 12.0 Å². The molecule has 0 aromatic heterocycles. The average Bonchev–Trinajstić information content (AvgIpc) is 3.06. The van der Waals surface area contributed by atoms with Crippen LogP contribution < -0.4 is 5.32 Å². The quantitative estimate of drug-likeness (QED) is 0.411. The second-order valence-corrected chi connectivity index (χ2v) is 9.67. The van der Waals surface area contributed by atoms with E-state index in [-0.39, 0.29) is 18.2 Å². The van der Waals surface area contributed by atoms with Crippen molar-refractivity contribution in [3.05, 3.63) is 93.9 Å². The molecule has 1 saturated heterocycles. The van der Waals surface area contributed by atoms with Crippen LogP contribution in [0.15, 0.2) is 88.3 Å². The number of rotatable bonds is 6. The maximum absolute atomic E-state index is 13.2. The number of nitrogens with one attached hydrogen (secondary N) is 1. The summed E-state index contributed by atoms with van der Waals surface area (Å²) in [4.78, 5) is 32.1. The van der Waals surface area contributed by atoms with Gasteiger partial charge in [0.25, 0.3) is 0 Å². The Morgan fingerprint density at radius 3 is 2.41 bits per heavy atom. The number of hydrogen-bond acceptors (Lipinski definition) is 4. The lowest BCUT2D eigenvalue weighted by atomic mass is 10.2. The van der Waals surface area contributed by atoms with E-state index in [0.29, 0.717) is 28.1 Å². The molecule has 1 N–H and O–H groups in total. The zero-order chi connectivity index (χ0) is 22.5. The van der Waals surface area contributed by atoms with Crippen molar-refractivity contribution in [1.82, 2.24) is 4.90 Å². The second-order valence-electron chi connectivity index (χ2n) is 7.15. The van der Waals surface area contributed by atoms with E-state index in [0.717, 1.165) is 10.0 Å². The van der Waals surface area contributed by atoms with Crippen LogP contribution in [0.3, 0.4) is 0 Å². The molecule has 0 saturated carbocycles. The van der Waals surface area contributed by atoms with E-state index in [2.05, 4.69) is 26.2 Å². The van der Waals surface area contributed by atoms with E-state index in [1.165, 1.54) is 11.8 Å². The Labute approximate surface area is 204 Å². The Balaban J connectivity index is 1.53. The Morgan fingerprint density at radius 1 is 1.03 bits per heavy atom. The number of aliphatic imine (C=N–C) groups is 1. The summed E-state index contributed by atoms with van der Waals surface area (Å²) in [7, 11) is 0. The summed E-state index contributed by atoms with van der Waals surface area (Å²) < 4.78 is 0.927. The molecule has 162 valence electrons. The largest absolute Gasteiger partial charge is 0.326 e. The molecule has 1 atom stereocenters. The van der Waals surface area contributed by atoms with E-state index in [1.807, 2.05) is 42.5 Å². The molecule has 1 aliphatic rings.